The Labute approximate surface area is 299 Å². The summed E-state index contributed by atoms with van der Waals surface area (Å²) in [5.74, 6) is -0.0594. The number of pyridine rings is 1. The van der Waals surface area contributed by atoms with E-state index >= 15 is 0 Å². The number of aromatic nitrogens is 3. The van der Waals surface area contributed by atoms with Crippen LogP contribution in [0.15, 0.2) is 95.9 Å². The highest BCUT2D eigenvalue weighted by Gasteiger charge is 2.37. The van der Waals surface area contributed by atoms with E-state index in [2.05, 4.69) is 9.88 Å². The molecule has 0 aliphatic carbocycles. The number of hydrogen-bond donors (Lipinski definition) is 0. The molecule has 0 atom stereocenters. The van der Waals surface area contributed by atoms with Gasteiger partial charge in [-0.3, -0.25) is 28.4 Å². The molecule has 2 aromatic heterocycles. The van der Waals surface area contributed by atoms with Crippen LogP contribution in [-0.2, 0) is 17.9 Å². The highest BCUT2D eigenvalue weighted by Crippen LogP contribution is 2.30. The average molecular weight is 703 g/mol. The molecule has 0 N–H and O–H groups in total. The summed E-state index contributed by atoms with van der Waals surface area (Å²) in [4.78, 5) is 63.1. The molecule has 3 amide bonds. The van der Waals surface area contributed by atoms with Gasteiger partial charge >= 0.3 is 5.69 Å². The van der Waals surface area contributed by atoms with Crippen LogP contribution in [0.2, 0.25) is 0 Å². The van der Waals surface area contributed by atoms with Crippen molar-refractivity contribution in [3.05, 3.63) is 124 Å². The second-order valence-corrected chi connectivity index (χ2v) is 13.7. The lowest BCUT2D eigenvalue weighted by molar-refractivity contribution is -0.138. The number of nitrogens with zero attached hydrogens (tertiary/aromatic N) is 6. The van der Waals surface area contributed by atoms with E-state index < -0.39 is 0 Å². The largest absolute Gasteiger partial charge is 0.492 e. The lowest BCUT2D eigenvalue weighted by atomic mass is 9.93. The molecule has 5 aromatic rings. The lowest BCUT2D eigenvalue weighted by Gasteiger charge is -2.37. The predicted octanol–water partition coefficient (Wildman–Crippen LogP) is 5.29. The van der Waals surface area contributed by atoms with Crippen LogP contribution in [0.3, 0.4) is 0 Å². The van der Waals surface area contributed by atoms with Gasteiger partial charge in [-0.2, -0.15) is 0 Å². The van der Waals surface area contributed by atoms with E-state index in [4.69, 9.17) is 4.74 Å². The first-order chi connectivity index (χ1) is 25.4. The summed E-state index contributed by atoms with van der Waals surface area (Å²) in [6.45, 7) is 3.97. The Kier molecular flexibility index (Phi) is 9.14. The topological polar surface area (TPSA) is 110 Å². The highest BCUT2D eigenvalue weighted by atomic mass is 19.1. The summed E-state index contributed by atoms with van der Waals surface area (Å²) >= 11 is 0. The van der Waals surface area contributed by atoms with Gasteiger partial charge in [0.25, 0.3) is 11.8 Å². The van der Waals surface area contributed by atoms with Gasteiger partial charge in [-0.25, -0.2) is 19.1 Å². The van der Waals surface area contributed by atoms with Gasteiger partial charge in [0.2, 0.25) is 5.91 Å². The van der Waals surface area contributed by atoms with Gasteiger partial charge in [-0.1, -0.05) is 24.3 Å². The van der Waals surface area contributed by atoms with Crippen LogP contribution in [0, 0.1) is 11.7 Å². The molecule has 52 heavy (non-hydrogen) atoms. The standard InChI is InChI=1S/C40H39FN6O5/c41-29-9-11-31(12-10-29)52-24-23-45-34-7-3-4-8-35(34)46(40(45)51)30-16-21-44(22-17-30)37(48)28-14-19-43(20-15-28)26-27-13-18-42-36(25-27)47-38(49)32-5-1-2-6-33(32)39(47)50/h1-13,18,25,28,30H,14-17,19-24,26H2. The normalized spacial score (nSPS) is 17.2. The number of ether oxygens (including phenoxy) is 1. The van der Waals surface area contributed by atoms with Gasteiger partial charge in [-0.05, 0) is 105 Å². The van der Waals surface area contributed by atoms with Crippen molar-refractivity contribution in [2.75, 3.05) is 37.7 Å². The molecule has 0 unspecified atom stereocenters. The second kappa shape index (κ2) is 14.2. The molecule has 12 heteroatoms. The third kappa shape index (κ3) is 6.38. The lowest BCUT2D eigenvalue weighted by Crippen LogP contribution is -2.46. The summed E-state index contributed by atoms with van der Waals surface area (Å²) in [6, 6.07) is 24.1. The van der Waals surface area contributed by atoms with Crippen LogP contribution >= 0.6 is 0 Å². The Morgan fingerprint density at radius 1 is 0.788 bits per heavy atom. The number of piperidine rings is 2. The van der Waals surface area contributed by atoms with Crippen molar-refractivity contribution in [2.24, 2.45) is 5.92 Å². The molecule has 3 aliphatic heterocycles. The summed E-state index contributed by atoms with van der Waals surface area (Å²) in [6.07, 6.45) is 4.53. The number of rotatable bonds is 9. The fourth-order valence-electron chi connectivity index (χ4n) is 7.86. The Morgan fingerprint density at radius 3 is 2.13 bits per heavy atom. The number of carbonyl (C=O) groups excluding carboxylic acids is 3. The molecule has 266 valence electrons. The zero-order valence-electron chi connectivity index (χ0n) is 28.7. The highest BCUT2D eigenvalue weighted by molar-refractivity contribution is 6.34. The fraction of sp³-hybridized carbons (Fsp3) is 0.325. The second-order valence-electron chi connectivity index (χ2n) is 13.7. The summed E-state index contributed by atoms with van der Waals surface area (Å²) in [7, 11) is 0. The number of anilines is 1. The minimum atomic E-state index is -0.363. The molecule has 0 bridgehead atoms. The maximum absolute atomic E-state index is 13.8. The SMILES string of the molecule is O=C(C1CCN(Cc2ccnc(N3C(=O)c4ccccc4C3=O)c2)CC1)N1CCC(n2c(=O)n(CCOc3ccc(F)cc3)c3ccccc32)CC1. The summed E-state index contributed by atoms with van der Waals surface area (Å²) < 4.78 is 22.7. The molecule has 11 nitrogen and oxygen atoms in total. The molecule has 8 rings (SSSR count). The zero-order valence-corrected chi connectivity index (χ0v) is 28.7. The maximum Gasteiger partial charge on any atom is 0.329 e. The number of halogens is 1. The quantitative estimate of drug-likeness (QED) is 0.192. The van der Waals surface area contributed by atoms with E-state index in [0.717, 1.165) is 47.4 Å². The monoisotopic (exact) mass is 702 g/mol. The van der Waals surface area contributed by atoms with Crippen molar-refractivity contribution in [3.8, 4) is 5.75 Å². The number of fused-ring (bicyclic) bond motifs is 2. The number of para-hydroxylation sites is 2. The van der Waals surface area contributed by atoms with E-state index in [1.807, 2.05) is 39.8 Å². The number of carbonyl (C=O) groups is 3. The van der Waals surface area contributed by atoms with Gasteiger partial charge in [0.1, 0.15) is 24.0 Å². The van der Waals surface area contributed by atoms with Crippen LogP contribution in [0.4, 0.5) is 10.2 Å². The first-order valence-electron chi connectivity index (χ1n) is 17.9. The molecule has 2 fully saturated rings. The number of benzene rings is 3. The maximum atomic E-state index is 13.8. The van der Waals surface area contributed by atoms with Crippen molar-refractivity contribution in [2.45, 2.75) is 44.8 Å². The molecule has 0 radical (unpaired) electrons. The van der Waals surface area contributed by atoms with Gasteiger partial charge in [0.05, 0.1) is 28.7 Å². The summed E-state index contributed by atoms with van der Waals surface area (Å²) in [5.41, 5.74) is 3.35. The minimum absolute atomic E-state index is 0.0202. The van der Waals surface area contributed by atoms with Crippen LogP contribution in [0.5, 0.6) is 5.75 Å². The van der Waals surface area contributed by atoms with E-state index in [9.17, 15) is 23.6 Å². The Hall–Kier alpha value is -5.62. The first kappa shape index (κ1) is 33.5. The van der Waals surface area contributed by atoms with Crippen LogP contribution in [0.25, 0.3) is 11.0 Å². The number of imide groups is 1. The number of likely N-dealkylation sites (tertiary alicyclic amines) is 2. The van der Waals surface area contributed by atoms with Gasteiger partial charge in [0, 0.05) is 37.8 Å². The molecule has 3 aliphatic rings. The zero-order chi connectivity index (χ0) is 35.8. The van der Waals surface area contributed by atoms with Crippen molar-refractivity contribution >= 4 is 34.6 Å². The smallest absolute Gasteiger partial charge is 0.329 e. The molecule has 0 saturated carbocycles. The molecule has 5 heterocycles. The van der Waals surface area contributed by atoms with Gasteiger partial charge in [-0.15, -0.1) is 0 Å². The van der Waals surface area contributed by atoms with Crippen LogP contribution in [0.1, 0.15) is 58.0 Å². The van der Waals surface area contributed by atoms with Crippen LogP contribution < -0.4 is 15.3 Å². The number of imidazole rings is 1. The third-order valence-corrected chi connectivity index (χ3v) is 10.6. The Morgan fingerprint density at radius 2 is 1.44 bits per heavy atom. The number of hydrogen-bond acceptors (Lipinski definition) is 7. The van der Waals surface area contributed by atoms with E-state index in [1.54, 1.807) is 53.2 Å². The Balaban J connectivity index is 0.851. The number of amides is 3. The third-order valence-electron chi connectivity index (χ3n) is 10.6. The van der Waals surface area contributed by atoms with E-state index in [1.165, 1.54) is 12.1 Å². The van der Waals surface area contributed by atoms with Crippen LogP contribution in [-0.4, -0.2) is 74.4 Å². The van der Waals surface area contributed by atoms with E-state index in [0.29, 0.717) is 61.7 Å². The first-order valence-corrected chi connectivity index (χ1v) is 17.9. The predicted molar refractivity (Wildman–Crippen MR) is 193 cm³/mol. The van der Waals surface area contributed by atoms with Crippen molar-refractivity contribution < 1.29 is 23.5 Å². The minimum Gasteiger partial charge on any atom is -0.492 e. The molecular formula is C40H39FN6O5. The molecular weight excluding hydrogens is 663 g/mol. The van der Waals surface area contributed by atoms with Crippen molar-refractivity contribution in [1.29, 1.82) is 0 Å². The fourth-order valence-corrected chi connectivity index (χ4v) is 7.86. The van der Waals surface area contributed by atoms with Gasteiger partial charge < -0.3 is 9.64 Å². The van der Waals surface area contributed by atoms with E-state index in [-0.39, 0.29) is 47.8 Å². The van der Waals surface area contributed by atoms with Crippen molar-refractivity contribution in [3.63, 3.8) is 0 Å². The average Bonchev–Trinajstić information content (AvgIpc) is 3.60. The van der Waals surface area contributed by atoms with Crippen molar-refractivity contribution in [1.82, 2.24) is 23.9 Å². The molecule has 3 aromatic carbocycles. The summed E-state index contributed by atoms with van der Waals surface area (Å²) in [5, 5.41) is 0. The molecule has 2 saturated heterocycles. The Bertz CT molecular complexity index is 2160. The molecule has 0 spiro atoms. The van der Waals surface area contributed by atoms with Gasteiger partial charge in [0.15, 0.2) is 0 Å².